The summed E-state index contributed by atoms with van der Waals surface area (Å²) in [5.41, 5.74) is 0. The minimum atomic E-state index is -4.86. The van der Waals surface area contributed by atoms with E-state index < -0.39 is 31.2 Å². The molecule has 0 fully saturated rings. The highest BCUT2D eigenvalue weighted by Crippen LogP contribution is 2.16. The van der Waals surface area contributed by atoms with Crippen LogP contribution >= 0.6 is 0 Å². The second kappa shape index (κ2) is 5.01. The van der Waals surface area contributed by atoms with E-state index in [4.69, 9.17) is 5.26 Å². The van der Waals surface area contributed by atoms with Gasteiger partial charge in [0.25, 0.3) is 0 Å². The molecular weight excluding hydrogens is 283 g/mol. The van der Waals surface area contributed by atoms with E-state index in [1.54, 1.807) is 6.07 Å². The van der Waals surface area contributed by atoms with Crippen molar-refractivity contribution >= 4 is 20.2 Å². The van der Waals surface area contributed by atoms with Gasteiger partial charge in [-0.15, -0.1) is 3.89 Å². The molecule has 9 heteroatoms. The molecule has 0 aliphatic carbocycles. The summed E-state index contributed by atoms with van der Waals surface area (Å²) in [5, 5.41) is 8.49. The summed E-state index contributed by atoms with van der Waals surface area (Å²) in [7, 11) is -8.78. The largest absolute Gasteiger partial charge is 0.332 e. The Bertz CT molecular complexity index is 674. The van der Waals surface area contributed by atoms with Gasteiger partial charge in [-0.3, -0.25) is 0 Å². The smallest absolute Gasteiger partial charge is 0.207 e. The van der Waals surface area contributed by atoms with Crippen LogP contribution in [0.3, 0.4) is 0 Å². The van der Waals surface area contributed by atoms with Gasteiger partial charge in [0, 0.05) is 0 Å². The molecule has 1 atom stereocenters. The number of nitrogens with zero attached hydrogens (tertiary/aromatic N) is 1. The van der Waals surface area contributed by atoms with Crippen LogP contribution in [-0.2, 0) is 20.2 Å². The summed E-state index contributed by atoms with van der Waals surface area (Å²) in [6.45, 7) is 1.35. The van der Waals surface area contributed by atoms with E-state index in [1.165, 1.54) is 6.92 Å². The third-order valence-corrected chi connectivity index (χ3v) is 4.33. The maximum atomic E-state index is 12.6. The normalized spacial score (nSPS) is 13.8. The zero-order chi connectivity index (χ0) is 14.0. The summed E-state index contributed by atoms with van der Waals surface area (Å²) in [5.74, 6) is 0. The summed E-state index contributed by atoms with van der Waals surface area (Å²) < 4.78 is 59.0. The molecule has 98 valence electrons. The van der Waals surface area contributed by atoms with Gasteiger partial charge >= 0.3 is 10.2 Å². The van der Waals surface area contributed by atoms with Crippen LogP contribution in [0.2, 0.25) is 0 Å². The van der Waals surface area contributed by atoms with E-state index in [-0.39, 0.29) is 4.90 Å². The van der Waals surface area contributed by atoms with E-state index in [2.05, 4.69) is 0 Å². The molecule has 18 heavy (non-hydrogen) atoms. The van der Waals surface area contributed by atoms with Crippen LogP contribution in [0.15, 0.2) is 34.1 Å². The second-order valence-corrected chi connectivity index (χ2v) is 6.44. The van der Waals surface area contributed by atoms with Crippen molar-refractivity contribution in [2.45, 2.75) is 22.8 Å². The van der Waals surface area contributed by atoms with Gasteiger partial charge in [-0.1, -0.05) is 0 Å². The Morgan fingerprint density at radius 2 is 1.61 bits per heavy atom. The Kier molecular flexibility index (Phi) is 4.05. The lowest BCUT2D eigenvalue weighted by atomic mass is 10.4. The fourth-order valence-electron chi connectivity index (χ4n) is 1.11. The van der Waals surface area contributed by atoms with Crippen molar-refractivity contribution in [1.29, 1.82) is 5.26 Å². The first-order valence-electron chi connectivity index (χ1n) is 4.63. The molecule has 0 unspecified atom stereocenters. The van der Waals surface area contributed by atoms with Crippen molar-refractivity contribution in [3.05, 3.63) is 24.3 Å². The number of nitriles is 1. The van der Waals surface area contributed by atoms with Crippen LogP contribution in [0.5, 0.6) is 0 Å². The van der Waals surface area contributed by atoms with E-state index >= 15 is 0 Å². The Labute approximate surface area is 104 Å². The molecule has 0 heterocycles. The number of sulfonamides is 1. The molecule has 0 saturated carbocycles. The molecule has 0 bridgehead atoms. The molecule has 0 aromatic heterocycles. The van der Waals surface area contributed by atoms with Crippen molar-refractivity contribution < 1.29 is 20.7 Å². The van der Waals surface area contributed by atoms with Crippen LogP contribution in [-0.4, -0.2) is 22.9 Å². The number of nitrogens with one attached hydrogen (secondary N) is 1. The van der Waals surface area contributed by atoms with Crippen molar-refractivity contribution in [1.82, 2.24) is 4.72 Å². The van der Waals surface area contributed by atoms with Crippen LogP contribution in [0, 0.1) is 11.3 Å². The van der Waals surface area contributed by atoms with Crippen LogP contribution in [0.25, 0.3) is 0 Å². The predicted octanol–water partition coefficient (Wildman–Crippen LogP) is 0.535. The van der Waals surface area contributed by atoms with Gasteiger partial charge in [0.2, 0.25) is 10.0 Å². The zero-order valence-corrected chi connectivity index (χ0v) is 10.8. The maximum Gasteiger partial charge on any atom is 0.332 e. The first-order valence-corrected chi connectivity index (χ1v) is 7.50. The van der Waals surface area contributed by atoms with E-state index in [1.807, 2.05) is 4.72 Å². The van der Waals surface area contributed by atoms with E-state index in [9.17, 15) is 20.7 Å². The third kappa shape index (κ3) is 3.49. The second-order valence-electron chi connectivity index (χ2n) is 3.38. The molecule has 6 nitrogen and oxygen atoms in total. The number of hydrogen-bond acceptors (Lipinski definition) is 5. The first-order chi connectivity index (χ1) is 8.16. The monoisotopic (exact) mass is 292 g/mol. The molecule has 0 spiro atoms. The Hall–Kier alpha value is -1.50. The lowest BCUT2D eigenvalue weighted by molar-refractivity contribution is 0.551. The molecule has 1 N–H and O–H groups in total. The lowest BCUT2D eigenvalue weighted by Gasteiger charge is -2.07. The summed E-state index contributed by atoms with van der Waals surface area (Å²) >= 11 is 0. The quantitative estimate of drug-likeness (QED) is 0.815. The van der Waals surface area contributed by atoms with E-state index in [0.717, 1.165) is 24.3 Å². The number of halogens is 1. The molecular formula is C9H9FN2O4S2. The maximum absolute atomic E-state index is 12.6. The van der Waals surface area contributed by atoms with Crippen molar-refractivity contribution in [3.8, 4) is 6.07 Å². The van der Waals surface area contributed by atoms with Gasteiger partial charge in [-0.2, -0.15) is 18.4 Å². The Morgan fingerprint density at radius 3 is 2.00 bits per heavy atom. The van der Waals surface area contributed by atoms with Gasteiger partial charge in [0.15, 0.2) is 0 Å². The van der Waals surface area contributed by atoms with Crippen molar-refractivity contribution in [2.75, 3.05) is 0 Å². The highest BCUT2D eigenvalue weighted by Gasteiger charge is 2.18. The minimum absolute atomic E-state index is 0.253. The topological polar surface area (TPSA) is 104 Å². The molecule has 1 aromatic carbocycles. The lowest BCUT2D eigenvalue weighted by Crippen LogP contribution is -2.31. The average molecular weight is 292 g/mol. The Morgan fingerprint density at radius 1 is 1.17 bits per heavy atom. The highest BCUT2D eigenvalue weighted by atomic mass is 32.3. The fourth-order valence-corrected chi connectivity index (χ4v) is 2.72. The molecule has 0 radical (unpaired) electrons. The molecule has 0 saturated heterocycles. The molecule has 0 amide bonds. The molecule has 0 aliphatic rings. The van der Waals surface area contributed by atoms with Gasteiger partial charge in [-0.25, -0.2) is 8.42 Å². The minimum Gasteiger partial charge on any atom is -0.207 e. The van der Waals surface area contributed by atoms with Crippen LogP contribution in [0.1, 0.15) is 6.92 Å². The summed E-state index contributed by atoms with van der Waals surface area (Å²) in [4.78, 5) is -0.883. The third-order valence-electron chi connectivity index (χ3n) is 1.94. The van der Waals surface area contributed by atoms with Gasteiger partial charge in [0.05, 0.1) is 15.9 Å². The number of benzene rings is 1. The van der Waals surface area contributed by atoms with Crippen LogP contribution in [0.4, 0.5) is 3.89 Å². The van der Waals surface area contributed by atoms with E-state index in [0.29, 0.717) is 0 Å². The molecule has 1 rings (SSSR count). The standard InChI is InChI=1S/C9H9FN2O4S2/c1-7(6-11)12-18(15,16)9-4-2-8(3-5-9)17(10,13)14/h2-5,7,12H,1H3/t7-/m0/s1. The van der Waals surface area contributed by atoms with Crippen molar-refractivity contribution in [3.63, 3.8) is 0 Å². The van der Waals surface area contributed by atoms with Gasteiger partial charge in [0.1, 0.15) is 6.04 Å². The molecule has 1 aromatic rings. The van der Waals surface area contributed by atoms with Gasteiger partial charge < -0.3 is 0 Å². The SMILES string of the molecule is C[C@@H](C#N)NS(=O)(=O)c1ccc(S(=O)(=O)F)cc1. The predicted molar refractivity (Wildman–Crippen MR) is 60.1 cm³/mol. The fraction of sp³-hybridized carbons (Fsp3) is 0.222. The Balaban J connectivity index is 3.10. The molecule has 0 aliphatic heterocycles. The number of hydrogen-bond donors (Lipinski definition) is 1. The zero-order valence-electron chi connectivity index (χ0n) is 9.16. The summed E-state index contributed by atoms with van der Waals surface area (Å²) in [6.07, 6.45) is 0. The van der Waals surface area contributed by atoms with Crippen LogP contribution < -0.4 is 4.72 Å². The van der Waals surface area contributed by atoms with Gasteiger partial charge in [-0.05, 0) is 31.2 Å². The summed E-state index contributed by atoms with van der Waals surface area (Å²) in [6, 6.07) is 4.30. The van der Waals surface area contributed by atoms with Crippen molar-refractivity contribution in [2.24, 2.45) is 0 Å². The first kappa shape index (κ1) is 14.6. The average Bonchev–Trinajstić information content (AvgIpc) is 2.27. The highest BCUT2D eigenvalue weighted by molar-refractivity contribution is 7.89. The number of rotatable bonds is 4.